The van der Waals surface area contributed by atoms with Crippen LogP contribution < -0.4 is 4.90 Å². The molecule has 0 amide bonds. The van der Waals surface area contributed by atoms with Gasteiger partial charge >= 0.3 is 0 Å². The second kappa shape index (κ2) is 3.74. The van der Waals surface area contributed by atoms with Crippen molar-refractivity contribution in [2.24, 2.45) is 0 Å². The third-order valence-corrected chi connectivity index (χ3v) is 3.10. The van der Waals surface area contributed by atoms with Crippen LogP contribution in [0.1, 0.15) is 19.4 Å². The molecule has 0 fully saturated rings. The molecule has 1 heterocycles. The molecule has 1 aliphatic rings. The Hall–Kier alpha value is -1.22. The maximum absolute atomic E-state index is 9.69. The van der Waals surface area contributed by atoms with E-state index in [4.69, 9.17) is 0 Å². The van der Waals surface area contributed by atoms with Gasteiger partial charge in [-0.3, -0.25) is 0 Å². The third kappa shape index (κ3) is 1.67. The van der Waals surface area contributed by atoms with Crippen LogP contribution in [0.15, 0.2) is 18.2 Å². The number of anilines is 1. The van der Waals surface area contributed by atoms with Gasteiger partial charge in [0.05, 0.1) is 12.1 Å². The van der Waals surface area contributed by atoms with Crippen LogP contribution in [0.3, 0.4) is 0 Å². The molecule has 15 heavy (non-hydrogen) atoms. The van der Waals surface area contributed by atoms with Crippen molar-refractivity contribution >= 4 is 5.69 Å². The molecule has 2 rings (SSSR count). The fraction of sp³-hybridized carbons (Fsp3) is 0.500. The number of nitrogens with zero attached hydrogens (tertiary/aromatic N) is 1. The molecule has 3 heteroatoms. The minimum atomic E-state index is -0.348. The zero-order valence-electron chi connectivity index (χ0n) is 9.14. The van der Waals surface area contributed by atoms with Crippen LogP contribution in [0.2, 0.25) is 0 Å². The highest BCUT2D eigenvalue weighted by molar-refractivity contribution is 5.61. The van der Waals surface area contributed by atoms with Gasteiger partial charge in [0.15, 0.2) is 0 Å². The molecule has 3 nitrogen and oxygen atoms in total. The highest BCUT2D eigenvalue weighted by Gasteiger charge is 2.31. The van der Waals surface area contributed by atoms with Crippen molar-refractivity contribution in [3.05, 3.63) is 23.8 Å². The fourth-order valence-corrected chi connectivity index (χ4v) is 2.37. The van der Waals surface area contributed by atoms with Gasteiger partial charge in [0, 0.05) is 12.2 Å². The summed E-state index contributed by atoms with van der Waals surface area (Å²) in [5, 5.41) is 19.1. The predicted octanol–water partition coefficient (Wildman–Crippen LogP) is 1.52. The SMILES string of the molecule is CCN1c2ccc(O)cc2CC1C(C)O. The molecule has 0 saturated heterocycles. The van der Waals surface area contributed by atoms with Gasteiger partial charge in [0.25, 0.3) is 0 Å². The lowest BCUT2D eigenvalue weighted by Crippen LogP contribution is -2.39. The van der Waals surface area contributed by atoms with E-state index < -0.39 is 0 Å². The Morgan fingerprint density at radius 1 is 1.53 bits per heavy atom. The quantitative estimate of drug-likeness (QED) is 0.773. The number of rotatable bonds is 2. The molecule has 2 N–H and O–H groups in total. The van der Waals surface area contributed by atoms with Crippen LogP contribution in [0, 0.1) is 0 Å². The molecule has 0 aliphatic carbocycles. The summed E-state index contributed by atoms with van der Waals surface area (Å²) in [7, 11) is 0. The fourth-order valence-electron chi connectivity index (χ4n) is 2.37. The summed E-state index contributed by atoms with van der Waals surface area (Å²) in [6.07, 6.45) is 0.467. The predicted molar refractivity (Wildman–Crippen MR) is 60.3 cm³/mol. The first-order chi connectivity index (χ1) is 7.13. The van der Waals surface area contributed by atoms with E-state index in [0.717, 1.165) is 24.2 Å². The number of benzene rings is 1. The second-order valence-corrected chi connectivity index (χ2v) is 4.11. The van der Waals surface area contributed by atoms with Gasteiger partial charge in [-0.15, -0.1) is 0 Å². The van der Waals surface area contributed by atoms with Gasteiger partial charge in [-0.05, 0) is 44.0 Å². The van der Waals surface area contributed by atoms with Gasteiger partial charge in [0.1, 0.15) is 5.75 Å². The lowest BCUT2D eigenvalue weighted by atomic mass is 10.1. The monoisotopic (exact) mass is 207 g/mol. The molecule has 0 bridgehead atoms. The molecular formula is C12H17NO2. The number of likely N-dealkylation sites (N-methyl/N-ethyl adjacent to an activating group) is 1. The molecular weight excluding hydrogens is 190 g/mol. The first-order valence-electron chi connectivity index (χ1n) is 5.40. The zero-order valence-corrected chi connectivity index (χ0v) is 9.14. The number of aliphatic hydroxyl groups is 1. The van der Waals surface area contributed by atoms with E-state index in [0.29, 0.717) is 5.75 Å². The highest BCUT2D eigenvalue weighted by atomic mass is 16.3. The van der Waals surface area contributed by atoms with Crippen LogP contribution in [0.25, 0.3) is 0 Å². The van der Waals surface area contributed by atoms with Crippen molar-refractivity contribution in [2.75, 3.05) is 11.4 Å². The Kier molecular flexibility index (Phi) is 2.57. The number of hydrogen-bond donors (Lipinski definition) is 2. The lowest BCUT2D eigenvalue weighted by Gasteiger charge is -2.28. The summed E-state index contributed by atoms with van der Waals surface area (Å²) in [6.45, 7) is 4.78. The van der Waals surface area contributed by atoms with Crippen molar-refractivity contribution in [3.8, 4) is 5.75 Å². The molecule has 2 atom stereocenters. The first kappa shape index (κ1) is 10.3. The number of fused-ring (bicyclic) bond motifs is 1. The number of hydrogen-bond acceptors (Lipinski definition) is 3. The molecule has 0 radical (unpaired) electrons. The highest BCUT2D eigenvalue weighted by Crippen LogP contribution is 2.35. The molecule has 1 aromatic carbocycles. The molecule has 1 aliphatic heterocycles. The van der Waals surface area contributed by atoms with Crippen molar-refractivity contribution in [1.29, 1.82) is 0 Å². The summed E-state index contributed by atoms with van der Waals surface area (Å²) >= 11 is 0. The number of phenolic OH excluding ortho intramolecular Hbond substituents is 1. The summed E-state index contributed by atoms with van der Waals surface area (Å²) in [6, 6.07) is 5.56. The van der Waals surface area contributed by atoms with Crippen LogP contribution in [0.5, 0.6) is 5.75 Å². The summed E-state index contributed by atoms with van der Waals surface area (Å²) < 4.78 is 0. The smallest absolute Gasteiger partial charge is 0.116 e. The maximum atomic E-state index is 9.69. The number of phenols is 1. The topological polar surface area (TPSA) is 43.7 Å². The number of aliphatic hydroxyl groups excluding tert-OH is 1. The van der Waals surface area contributed by atoms with Gasteiger partial charge in [0.2, 0.25) is 0 Å². The van der Waals surface area contributed by atoms with E-state index in [1.807, 2.05) is 13.0 Å². The number of aromatic hydroxyl groups is 1. The van der Waals surface area contributed by atoms with Gasteiger partial charge in [-0.1, -0.05) is 0 Å². The van der Waals surface area contributed by atoms with Crippen molar-refractivity contribution in [3.63, 3.8) is 0 Å². The molecule has 2 unspecified atom stereocenters. The molecule has 82 valence electrons. The normalized spacial score (nSPS) is 21.5. The second-order valence-electron chi connectivity index (χ2n) is 4.11. The van der Waals surface area contributed by atoms with E-state index >= 15 is 0 Å². The maximum Gasteiger partial charge on any atom is 0.116 e. The molecule has 0 saturated carbocycles. The Bertz CT molecular complexity index is 363. The van der Waals surface area contributed by atoms with Crippen LogP contribution in [-0.4, -0.2) is 28.9 Å². The van der Waals surface area contributed by atoms with Gasteiger partial charge in [-0.2, -0.15) is 0 Å². The minimum Gasteiger partial charge on any atom is -0.508 e. The molecule has 0 aromatic heterocycles. The van der Waals surface area contributed by atoms with Gasteiger partial charge in [-0.25, -0.2) is 0 Å². The minimum absolute atomic E-state index is 0.145. The largest absolute Gasteiger partial charge is 0.508 e. The van der Waals surface area contributed by atoms with Crippen LogP contribution >= 0.6 is 0 Å². The Balaban J connectivity index is 2.37. The van der Waals surface area contributed by atoms with E-state index in [-0.39, 0.29) is 12.1 Å². The average molecular weight is 207 g/mol. The lowest BCUT2D eigenvalue weighted by molar-refractivity contribution is 0.162. The van der Waals surface area contributed by atoms with Crippen molar-refractivity contribution in [2.45, 2.75) is 32.4 Å². The zero-order chi connectivity index (χ0) is 11.0. The molecule has 1 aromatic rings. The van der Waals surface area contributed by atoms with Crippen molar-refractivity contribution in [1.82, 2.24) is 0 Å². The molecule has 0 spiro atoms. The van der Waals surface area contributed by atoms with E-state index in [1.54, 1.807) is 12.1 Å². The first-order valence-corrected chi connectivity index (χ1v) is 5.40. The Labute approximate surface area is 90.0 Å². The average Bonchev–Trinajstić information content (AvgIpc) is 2.55. The third-order valence-electron chi connectivity index (χ3n) is 3.10. The van der Waals surface area contributed by atoms with E-state index in [9.17, 15) is 10.2 Å². The summed E-state index contributed by atoms with van der Waals surface area (Å²) in [4.78, 5) is 2.19. The Morgan fingerprint density at radius 2 is 2.27 bits per heavy atom. The van der Waals surface area contributed by atoms with Crippen molar-refractivity contribution < 1.29 is 10.2 Å². The standard InChI is InChI=1S/C12H17NO2/c1-3-13-11-5-4-10(15)6-9(11)7-12(13)8(2)14/h4-6,8,12,14-15H,3,7H2,1-2H3. The van der Waals surface area contributed by atoms with E-state index in [2.05, 4.69) is 11.8 Å². The van der Waals surface area contributed by atoms with E-state index in [1.165, 1.54) is 0 Å². The summed E-state index contributed by atoms with van der Waals surface area (Å²) in [5.74, 6) is 0.302. The Morgan fingerprint density at radius 3 is 2.87 bits per heavy atom. The van der Waals surface area contributed by atoms with Gasteiger partial charge < -0.3 is 15.1 Å². The van der Waals surface area contributed by atoms with Crippen LogP contribution in [-0.2, 0) is 6.42 Å². The van der Waals surface area contributed by atoms with Crippen LogP contribution in [0.4, 0.5) is 5.69 Å². The summed E-state index contributed by atoms with van der Waals surface area (Å²) in [5.41, 5.74) is 2.27.